The molecule has 2 unspecified atom stereocenters. The lowest BCUT2D eigenvalue weighted by molar-refractivity contribution is -0.150. The molecule has 2 aromatic carbocycles. The maximum Gasteiger partial charge on any atom is 0.228 e. The van der Waals surface area contributed by atoms with Crippen LogP contribution >= 0.6 is 34.8 Å². The number of fused-ring (bicyclic) bond motifs is 1. The van der Waals surface area contributed by atoms with Crippen LogP contribution in [0.5, 0.6) is 0 Å². The molecule has 2 amide bonds. The van der Waals surface area contributed by atoms with Crippen molar-refractivity contribution in [1.82, 2.24) is 10.2 Å². The Morgan fingerprint density at radius 3 is 2.16 bits per heavy atom. The van der Waals surface area contributed by atoms with Crippen LogP contribution < -0.4 is 5.32 Å². The molecule has 0 radical (unpaired) electrons. The Hall–Kier alpha value is -2.46. The fraction of sp³-hybridized carbons (Fsp3) is 0.360. The summed E-state index contributed by atoms with van der Waals surface area (Å²) in [5, 5.41) is 3.85. The lowest BCUT2D eigenvalue weighted by Crippen LogP contribution is -2.67. The lowest BCUT2D eigenvalue weighted by Gasteiger charge is -2.44. The number of carbonyl (C=O) groups excluding carboxylic acids is 4. The first kappa shape index (κ1) is 27.6. The maximum absolute atomic E-state index is 13.3. The minimum absolute atomic E-state index is 0.000787. The molecule has 3 saturated heterocycles. The minimum Gasteiger partial charge on any atom is -0.356 e. The van der Waals surface area contributed by atoms with Crippen molar-refractivity contribution < 1.29 is 27.6 Å². The number of β-lactam (4-membered cyclic amide) rings is 1. The molecule has 1 N–H and O–H groups in total. The molecule has 0 aliphatic carbocycles. The van der Waals surface area contributed by atoms with Crippen LogP contribution in [-0.2, 0) is 35.4 Å². The van der Waals surface area contributed by atoms with Gasteiger partial charge in [0, 0.05) is 53.3 Å². The molecular formula is C25H23Cl3N2O6S. The number of rotatable bonds is 4. The molecule has 3 aliphatic heterocycles. The van der Waals surface area contributed by atoms with E-state index in [-0.39, 0.29) is 41.9 Å². The summed E-state index contributed by atoms with van der Waals surface area (Å²) in [6, 6.07) is 10.5. The van der Waals surface area contributed by atoms with Gasteiger partial charge in [0.2, 0.25) is 26.5 Å². The van der Waals surface area contributed by atoms with Crippen molar-refractivity contribution in [1.29, 1.82) is 0 Å². The molecule has 8 nitrogen and oxygen atoms in total. The fourth-order valence-corrected chi connectivity index (χ4v) is 7.55. The predicted molar refractivity (Wildman–Crippen MR) is 138 cm³/mol. The summed E-state index contributed by atoms with van der Waals surface area (Å²) in [5.74, 6) is -1.28. The van der Waals surface area contributed by atoms with E-state index < -0.39 is 26.4 Å². The van der Waals surface area contributed by atoms with Crippen molar-refractivity contribution in [2.45, 2.75) is 41.9 Å². The number of carbonyl (C=O) groups is 4. The van der Waals surface area contributed by atoms with Crippen LogP contribution in [0.2, 0.25) is 15.1 Å². The van der Waals surface area contributed by atoms with E-state index in [4.69, 9.17) is 34.8 Å². The molecule has 2 aromatic rings. The van der Waals surface area contributed by atoms with Gasteiger partial charge in [-0.25, -0.2) is 8.42 Å². The van der Waals surface area contributed by atoms with Gasteiger partial charge in [-0.1, -0.05) is 34.8 Å². The van der Waals surface area contributed by atoms with Crippen molar-refractivity contribution in [3.63, 3.8) is 0 Å². The van der Waals surface area contributed by atoms with Crippen molar-refractivity contribution in [3.05, 3.63) is 63.1 Å². The summed E-state index contributed by atoms with van der Waals surface area (Å²) in [6.07, 6.45) is 1.21. The molecule has 12 heteroatoms. The number of benzene rings is 2. The van der Waals surface area contributed by atoms with Crippen LogP contribution in [0.25, 0.3) is 0 Å². The van der Waals surface area contributed by atoms with Gasteiger partial charge >= 0.3 is 0 Å². The second-order valence-corrected chi connectivity index (χ2v) is 12.6. The van der Waals surface area contributed by atoms with E-state index in [1.54, 1.807) is 18.2 Å². The van der Waals surface area contributed by atoms with Gasteiger partial charge in [0.15, 0.2) is 5.78 Å². The summed E-state index contributed by atoms with van der Waals surface area (Å²) in [7, 11) is -4.10. The highest BCUT2D eigenvalue weighted by Gasteiger charge is 2.70. The summed E-state index contributed by atoms with van der Waals surface area (Å²) in [6.45, 7) is 0.576. The van der Waals surface area contributed by atoms with Gasteiger partial charge in [-0.3, -0.25) is 19.2 Å². The Morgan fingerprint density at radius 2 is 1.54 bits per heavy atom. The first-order chi connectivity index (χ1) is 17.4. The van der Waals surface area contributed by atoms with Crippen LogP contribution in [-0.4, -0.2) is 54.7 Å². The minimum atomic E-state index is -4.10. The first-order valence-corrected chi connectivity index (χ1v) is 14.1. The third-order valence-corrected chi connectivity index (χ3v) is 9.65. The van der Waals surface area contributed by atoms with E-state index in [0.717, 1.165) is 0 Å². The van der Waals surface area contributed by atoms with E-state index in [0.29, 0.717) is 46.4 Å². The fourth-order valence-electron chi connectivity index (χ4n) is 4.76. The van der Waals surface area contributed by atoms with Gasteiger partial charge in [0.25, 0.3) is 0 Å². The molecule has 3 heterocycles. The van der Waals surface area contributed by atoms with Gasteiger partial charge < -0.3 is 10.2 Å². The summed E-state index contributed by atoms with van der Waals surface area (Å²) >= 11 is 17.9. The predicted octanol–water partition coefficient (Wildman–Crippen LogP) is 3.65. The zero-order valence-corrected chi connectivity index (χ0v) is 22.6. The zero-order valence-electron chi connectivity index (χ0n) is 19.5. The summed E-state index contributed by atoms with van der Waals surface area (Å²) < 4.78 is 26.6. The largest absolute Gasteiger partial charge is 0.356 e. The zero-order chi connectivity index (χ0) is 27.0. The number of halogens is 3. The molecule has 37 heavy (non-hydrogen) atoms. The molecule has 0 aromatic heterocycles. The molecule has 3 aliphatic rings. The van der Waals surface area contributed by atoms with Crippen LogP contribution in [0.3, 0.4) is 0 Å². The Balaban J connectivity index is 0.000000301. The average molecular weight is 586 g/mol. The SMILES string of the molecule is O=C1CC2(S(=O)(=O)c3ccc(Cl)cc3)C(=O)C(Cc3cc(Cl)cc(Cl)c3)CN12.O=C1CCNC(=O)CC1. The summed E-state index contributed by atoms with van der Waals surface area (Å²) in [4.78, 5) is 45.9. The van der Waals surface area contributed by atoms with Crippen molar-refractivity contribution in [3.8, 4) is 0 Å². The molecule has 2 atom stereocenters. The van der Waals surface area contributed by atoms with E-state index in [1.807, 2.05) is 0 Å². The molecule has 0 saturated carbocycles. The van der Waals surface area contributed by atoms with Gasteiger partial charge in [-0.05, 0) is 54.4 Å². The number of Topliss-reactive ketones (excluding diaryl/α,β-unsaturated/α-hetero) is 2. The molecule has 0 bridgehead atoms. The highest BCUT2D eigenvalue weighted by atomic mass is 35.5. The van der Waals surface area contributed by atoms with E-state index >= 15 is 0 Å². The van der Waals surface area contributed by atoms with Gasteiger partial charge in [0.1, 0.15) is 5.78 Å². The molecule has 0 spiro atoms. The number of sulfone groups is 1. The highest BCUT2D eigenvalue weighted by molar-refractivity contribution is 7.93. The second-order valence-electron chi connectivity index (χ2n) is 9.10. The van der Waals surface area contributed by atoms with Crippen molar-refractivity contribution in [2.24, 2.45) is 5.92 Å². The number of ketones is 2. The van der Waals surface area contributed by atoms with Crippen molar-refractivity contribution >= 4 is 68.0 Å². The van der Waals surface area contributed by atoms with Gasteiger partial charge in [-0.2, -0.15) is 0 Å². The number of hydrogen-bond acceptors (Lipinski definition) is 6. The van der Waals surface area contributed by atoms with E-state index in [2.05, 4.69) is 5.32 Å². The molecule has 196 valence electrons. The number of hydrogen-bond donors (Lipinski definition) is 1. The number of nitrogens with zero attached hydrogens (tertiary/aromatic N) is 1. The quantitative estimate of drug-likeness (QED) is 0.548. The van der Waals surface area contributed by atoms with Crippen LogP contribution in [0.1, 0.15) is 31.2 Å². The smallest absolute Gasteiger partial charge is 0.228 e. The molecular weight excluding hydrogens is 563 g/mol. The van der Waals surface area contributed by atoms with Crippen LogP contribution in [0.4, 0.5) is 0 Å². The van der Waals surface area contributed by atoms with E-state index in [1.165, 1.54) is 29.2 Å². The Bertz CT molecular complexity index is 1340. The second kappa shape index (κ2) is 10.7. The number of nitrogens with one attached hydrogen (secondary N) is 1. The van der Waals surface area contributed by atoms with Gasteiger partial charge in [0.05, 0.1) is 11.3 Å². The molecule has 5 rings (SSSR count). The topological polar surface area (TPSA) is 118 Å². The third-order valence-electron chi connectivity index (χ3n) is 6.62. The third kappa shape index (κ3) is 5.41. The lowest BCUT2D eigenvalue weighted by atomic mass is 9.93. The normalized spacial score (nSPS) is 23.4. The maximum atomic E-state index is 13.3. The highest BCUT2D eigenvalue weighted by Crippen LogP contribution is 2.48. The Morgan fingerprint density at radius 1 is 0.892 bits per heavy atom. The standard InChI is InChI=1S/C19H14Cl3NO4S.C6H9NO2/c20-13-1-3-16(4-2-13)28(26,27)19-9-17(24)23(19)10-12(18(19)25)5-11-6-14(21)8-15(22)7-11;8-5-1-2-6(9)7-4-3-5/h1-4,6-8,12H,5,9-10H2;1-4H2,(H,7,9). The van der Waals surface area contributed by atoms with E-state index in [9.17, 15) is 27.6 Å². The van der Waals surface area contributed by atoms with Gasteiger partial charge in [-0.15, -0.1) is 0 Å². The van der Waals surface area contributed by atoms with Crippen LogP contribution in [0, 0.1) is 5.92 Å². The average Bonchev–Trinajstić information content (AvgIpc) is 2.92. The molecule has 3 fully saturated rings. The van der Waals surface area contributed by atoms with Crippen LogP contribution in [0.15, 0.2) is 47.4 Å². The van der Waals surface area contributed by atoms with Crippen molar-refractivity contribution in [2.75, 3.05) is 13.1 Å². The first-order valence-electron chi connectivity index (χ1n) is 11.5. The Kier molecular flexibility index (Phi) is 7.99. The Labute approximate surface area is 229 Å². The number of amides is 2. The summed E-state index contributed by atoms with van der Waals surface area (Å²) in [5.41, 5.74) is 0.713. The monoisotopic (exact) mass is 584 g/mol.